The van der Waals surface area contributed by atoms with Crippen LogP contribution in [-0.2, 0) is 4.79 Å². The number of carbonyl (C=O) groups excluding carboxylic acids is 1. The molecule has 0 radical (unpaired) electrons. The highest BCUT2D eigenvalue weighted by Crippen LogP contribution is 2.06. The van der Waals surface area contributed by atoms with Crippen LogP contribution in [-0.4, -0.2) is 6.29 Å². The molecule has 1 nitrogen and oxygen atoms in total. The number of aldehydes is 1. The molecule has 0 saturated carbocycles. The average molecular weight is 252 g/mol. The van der Waals surface area contributed by atoms with Gasteiger partial charge in [0, 0.05) is 3.58 Å². The molecule has 0 spiro atoms. The van der Waals surface area contributed by atoms with Crippen LogP contribution in [0.1, 0.15) is 32.6 Å². The van der Waals surface area contributed by atoms with E-state index in [1.807, 2.05) is 6.08 Å². The maximum Gasteiger partial charge on any atom is 0.155 e. The van der Waals surface area contributed by atoms with Crippen molar-refractivity contribution in [2.45, 2.75) is 32.6 Å². The average Bonchev–Trinajstić information content (AvgIpc) is 1.98. The van der Waals surface area contributed by atoms with Gasteiger partial charge in [-0.15, -0.1) is 0 Å². The summed E-state index contributed by atoms with van der Waals surface area (Å²) in [6, 6.07) is 0. The lowest BCUT2D eigenvalue weighted by Gasteiger charge is -1.90. The number of hydrogen-bond donors (Lipinski definition) is 0. The van der Waals surface area contributed by atoms with Gasteiger partial charge in [-0.1, -0.05) is 25.8 Å². The van der Waals surface area contributed by atoms with Gasteiger partial charge in [0.2, 0.25) is 0 Å². The molecule has 0 bridgehead atoms. The van der Waals surface area contributed by atoms with Crippen molar-refractivity contribution >= 4 is 28.9 Å². The van der Waals surface area contributed by atoms with Crippen molar-refractivity contribution in [1.82, 2.24) is 0 Å². The molecule has 10 heavy (non-hydrogen) atoms. The molecule has 0 fully saturated rings. The summed E-state index contributed by atoms with van der Waals surface area (Å²) in [5.41, 5.74) is 0. The summed E-state index contributed by atoms with van der Waals surface area (Å²) in [6.07, 6.45) is 7.64. The maximum atomic E-state index is 10.1. The van der Waals surface area contributed by atoms with Crippen LogP contribution in [0.3, 0.4) is 0 Å². The summed E-state index contributed by atoms with van der Waals surface area (Å²) in [5, 5.41) is 0. The third-order valence-electron chi connectivity index (χ3n) is 1.26. The first-order valence-corrected chi connectivity index (χ1v) is 4.70. The lowest BCUT2D eigenvalue weighted by molar-refractivity contribution is -0.104. The summed E-state index contributed by atoms with van der Waals surface area (Å²) in [5.74, 6) is 0. The zero-order valence-corrected chi connectivity index (χ0v) is 8.43. The molecular weight excluding hydrogens is 239 g/mol. The molecule has 0 aromatic carbocycles. The highest BCUT2D eigenvalue weighted by molar-refractivity contribution is 14.1. The molecule has 0 aliphatic rings. The molecular formula is C8H13IO. The van der Waals surface area contributed by atoms with E-state index in [4.69, 9.17) is 0 Å². The van der Waals surface area contributed by atoms with E-state index in [0.29, 0.717) is 0 Å². The zero-order valence-electron chi connectivity index (χ0n) is 6.27. The van der Waals surface area contributed by atoms with Crippen LogP contribution in [0.25, 0.3) is 0 Å². The lowest BCUT2D eigenvalue weighted by Crippen LogP contribution is -1.74. The molecule has 0 heterocycles. The van der Waals surface area contributed by atoms with Crippen molar-refractivity contribution in [3.63, 3.8) is 0 Å². The molecule has 0 aliphatic heterocycles. The molecule has 2 heteroatoms. The van der Waals surface area contributed by atoms with Crippen LogP contribution >= 0.6 is 22.6 Å². The fourth-order valence-corrected chi connectivity index (χ4v) is 0.994. The predicted octanol–water partition coefficient (Wildman–Crippen LogP) is 3.08. The maximum absolute atomic E-state index is 10.1. The topological polar surface area (TPSA) is 17.1 Å². The zero-order chi connectivity index (χ0) is 7.82. The fourth-order valence-electron chi connectivity index (χ4n) is 0.682. The van der Waals surface area contributed by atoms with Crippen LogP contribution in [0.5, 0.6) is 0 Å². The predicted molar refractivity (Wildman–Crippen MR) is 52.3 cm³/mol. The van der Waals surface area contributed by atoms with Crippen LogP contribution in [0.4, 0.5) is 0 Å². The highest BCUT2D eigenvalue weighted by atomic mass is 127. The number of unbranched alkanes of at least 4 members (excludes halogenated alkanes) is 3. The van der Waals surface area contributed by atoms with E-state index in [9.17, 15) is 4.79 Å². The van der Waals surface area contributed by atoms with E-state index >= 15 is 0 Å². The van der Waals surface area contributed by atoms with Crippen molar-refractivity contribution < 1.29 is 4.79 Å². The van der Waals surface area contributed by atoms with Gasteiger partial charge in [-0.25, -0.2) is 0 Å². The molecule has 0 N–H and O–H groups in total. The van der Waals surface area contributed by atoms with Crippen molar-refractivity contribution in [3.05, 3.63) is 9.66 Å². The number of allylic oxidation sites excluding steroid dienone is 2. The first-order chi connectivity index (χ1) is 4.81. The fraction of sp³-hybridized carbons (Fsp3) is 0.625. The van der Waals surface area contributed by atoms with Crippen LogP contribution in [0.15, 0.2) is 9.66 Å². The van der Waals surface area contributed by atoms with Gasteiger partial charge in [-0.3, -0.25) is 4.79 Å². The summed E-state index contributed by atoms with van der Waals surface area (Å²) < 4.78 is 0.828. The third kappa shape index (κ3) is 6.26. The normalized spacial score (nSPS) is 11.6. The smallest absolute Gasteiger partial charge is 0.155 e. The minimum Gasteiger partial charge on any atom is -0.297 e. The molecule has 0 aromatic heterocycles. The van der Waals surface area contributed by atoms with Gasteiger partial charge in [0.05, 0.1) is 0 Å². The van der Waals surface area contributed by atoms with Crippen molar-refractivity contribution in [1.29, 1.82) is 0 Å². The van der Waals surface area contributed by atoms with Crippen LogP contribution in [0, 0.1) is 0 Å². The number of rotatable bonds is 5. The Hall–Kier alpha value is 0.140. The van der Waals surface area contributed by atoms with Gasteiger partial charge in [-0.05, 0) is 35.4 Å². The Morgan fingerprint density at radius 3 is 2.70 bits per heavy atom. The second-order valence-corrected chi connectivity index (χ2v) is 3.45. The Bertz CT molecular complexity index is 118. The quantitative estimate of drug-likeness (QED) is 0.318. The number of carbonyl (C=O) groups is 1. The summed E-state index contributed by atoms with van der Waals surface area (Å²) in [4.78, 5) is 10.1. The SMILES string of the molecule is CCCCC/C=C(\I)C=O. The van der Waals surface area contributed by atoms with Gasteiger partial charge in [0.1, 0.15) is 0 Å². The van der Waals surface area contributed by atoms with Crippen molar-refractivity contribution in [2.24, 2.45) is 0 Å². The highest BCUT2D eigenvalue weighted by Gasteiger charge is 1.86. The summed E-state index contributed by atoms with van der Waals surface area (Å²) in [6.45, 7) is 2.18. The standard InChI is InChI=1S/C8H13IO/c1-2-3-4-5-6-8(9)7-10/h6-7H,2-5H2,1H3/b8-6-. The van der Waals surface area contributed by atoms with E-state index in [0.717, 1.165) is 16.3 Å². The van der Waals surface area contributed by atoms with Gasteiger partial charge in [0.15, 0.2) is 6.29 Å². The monoisotopic (exact) mass is 252 g/mol. The van der Waals surface area contributed by atoms with Gasteiger partial charge in [0.25, 0.3) is 0 Å². The lowest BCUT2D eigenvalue weighted by atomic mass is 10.2. The summed E-state index contributed by atoms with van der Waals surface area (Å²) in [7, 11) is 0. The van der Waals surface area contributed by atoms with E-state index in [-0.39, 0.29) is 0 Å². The van der Waals surface area contributed by atoms with Gasteiger partial charge < -0.3 is 0 Å². The van der Waals surface area contributed by atoms with Crippen LogP contribution in [0.2, 0.25) is 0 Å². The van der Waals surface area contributed by atoms with Gasteiger partial charge in [-0.2, -0.15) is 0 Å². The van der Waals surface area contributed by atoms with Crippen molar-refractivity contribution in [3.8, 4) is 0 Å². The minimum atomic E-state index is 0.828. The molecule has 0 saturated heterocycles. The molecule has 58 valence electrons. The molecule has 0 aliphatic carbocycles. The first-order valence-electron chi connectivity index (χ1n) is 3.62. The van der Waals surface area contributed by atoms with E-state index in [1.54, 1.807) is 0 Å². The molecule has 0 rings (SSSR count). The third-order valence-corrected chi connectivity index (χ3v) is 1.95. The number of hydrogen-bond acceptors (Lipinski definition) is 1. The Kier molecular flexibility index (Phi) is 7.35. The van der Waals surface area contributed by atoms with E-state index < -0.39 is 0 Å². The van der Waals surface area contributed by atoms with Gasteiger partial charge >= 0.3 is 0 Å². The molecule has 0 amide bonds. The number of halogens is 1. The first kappa shape index (κ1) is 10.1. The van der Waals surface area contributed by atoms with Crippen molar-refractivity contribution in [2.75, 3.05) is 0 Å². The summed E-state index contributed by atoms with van der Waals surface area (Å²) >= 11 is 2.05. The van der Waals surface area contributed by atoms with E-state index in [1.165, 1.54) is 19.3 Å². The van der Waals surface area contributed by atoms with E-state index in [2.05, 4.69) is 29.5 Å². The molecule has 0 unspecified atom stereocenters. The molecule has 0 aromatic rings. The Morgan fingerprint density at radius 1 is 1.50 bits per heavy atom. The van der Waals surface area contributed by atoms with Crippen LogP contribution < -0.4 is 0 Å². The Morgan fingerprint density at radius 2 is 2.20 bits per heavy atom. The minimum absolute atomic E-state index is 0.828. The Labute approximate surface area is 76.0 Å². The second kappa shape index (κ2) is 7.25. The Balaban J connectivity index is 3.24. The molecule has 0 atom stereocenters. The second-order valence-electron chi connectivity index (χ2n) is 2.20. The largest absolute Gasteiger partial charge is 0.297 e.